The molecular weight excluding hydrogens is 579 g/mol. The summed E-state index contributed by atoms with van der Waals surface area (Å²) in [5.41, 5.74) is 2.21. The molecule has 0 aliphatic rings. The summed E-state index contributed by atoms with van der Waals surface area (Å²) in [6.07, 6.45) is 0. The molecule has 3 aromatic rings. The number of hydrogen-bond acceptors (Lipinski definition) is 4. The first kappa shape index (κ1) is 26.9. The summed E-state index contributed by atoms with van der Waals surface area (Å²) in [6.45, 7) is 1.93. The van der Waals surface area contributed by atoms with E-state index in [1.54, 1.807) is 78.5 Å². The van der Waals surface area contributed by atoms with E-state index in [0.29, 0.717) is 33.8 Å². The fourth-order valence-corrected chi connectivity index (χ4v) is 6.33. The van der Waals surface area contributed by atoms with Gasteiger partial charge >= 0.3 is 0 Å². The van der Waals surface area contributed by atoms with Crippen molar-refractivity contribution in [2.45, 2.75) is 17.6 Å². The van der Waals surface area contributed by atoms with Crippen molar-refractivity contribution in [1.29, 1.82) is 0 Å². The molecule has 0 bridgehead atoms. The van der Waals surface area contributed by atoms with E-state index < -0.39 is 15.9 Å². The number of hydrogen-bond donors (Lipinski definition) is 1. The molecule has 0 spiro atoms. The van der Waals surface area contributed by atoms with E-state index in [0.717, 1.165) is 19.9 Å². The predicted molar refractivity (Wildman–Crippen MR) is 145 cm³/mol. The SMILES string of the molecule is Cc1ccc(S(=O)(=O)N(CC(=O)NCCSCc2c(Cl)cccc2Cl)c2ccc(Br)cc2)cc1. The third kappa shape index (κ3) is 7.15. The lowest BCUT2D eigenvalue weighted by Crippen LogP contribution is -2.41. The topological polar surface area (TPSA) is 66.5 Å². The maximum atomic E-state index is 13.4. The second-order valence-electron chi connectivity index (χ2n) is 7.40. The Labute approximate surface area is 223 Å². The summed E-state index contributed by atoms with van der Waals surface area (Å²) in [7, 11) is -3.94. The molecule has 0 aromatic heterocycles. The van der Waals surface area contributed by atoms with Gasteiger partial charge in [-0.05, 0) is 61.0 Å². The van der Waals surface area contributed by atoms with Crippen LogP contribution in [0.1, 0.15) is 11.1 Å². The van der Waals surface area contributed by atoms with Gasteiger partial charge in [-0.1, -0.05) is 62.9 Å². The Morgan fingerprint density at radius 2 is 1.62 bits per heavy atom. The highest BCUT2D eigenvalue weighted by Gasteiger charge is 2.27. The number of carbonyl (C=O) groups excluding carboxylic acids is 1. The van der Waals surface area contributed by atoms with Crippen LogP contribution in [0.3, 0.4) is 0 Å². The highest BCUT2D eigenvalue weighted by Crippen LogP contribution is 2.28. The second-order valence-corrected chi connectivity index (χ2v) is 12.1. The van der Waals surface area contributed by atoms with Crippen LogP contribution in [0.2, 0.25) is 10.0 Å². The highest BCUT2D eigenvalue weighted by molar-refractivity contribution is 9.10. The molecule has 0 heterocycles. The quantitative estimate of drug-likeness (QED) is 0.277. The van der Waals surface area contributed by atoms with Crippen molar-refractivity contribution >= 4 is 72.5 Å². The number of rotatable bonds is 10. The Morgan fingerprint density at radius 1 is 1.00 bits per heavy atom. The monoisotopic (exact) mass is 600 g/mol. The van der Waals surface area contributed by atoms with Gasteiger partial charge in [0, 0.05) is 32.6 Å². The van der Waals surface area contributed by atoms with Crippen molar-refractivity contribution in [2.75, 3.05) is 23.1 Å². The van der Waals surface area contributed by atoms with Crippen LogP contribution in [-0.4, -0.2) is 33.2 Å². The third-order valence-electron chi connectivity index (χ3n) is 4.89. The number of thioether (sulfide) groups is 1. The Kier molecular flexibility index (Phi) is 9.74. The molecular formula is C24H23BrCl2N2O3S2. The van der Waals surface area contributed by atoms with Crippen molar-refractivity contribution in [1.82, 2.24) is 5.32 Å². The Bertz CT molecular complexity index is 1220. The number of nitrogens with zero attached hydrogens (tertiary/aromatic N) is 1. The van der Waals surface area contributed by atoms with Crippen LogP contribution < -0.4 is 9.62 Å². The van der Waals surface area contributed by atoms with Crippen LogP contribution >= 0.6 is 50.9 Å². The molecule has 0 aliphatic carbocycles. The Morgan fingerprint density at radius 3 is 2.24 bits per heavy atom. The fourth-order valence-electron chi connectivity index (χ4n) is 3.05. The molecule has 10 heteroatoms. The largest absolute Gasteiger partial charge is 0.354 e. The molecule has 1 N–H and O–H groups in total. The van der Waals surface area contributed by atoms with E-state index in [2.05, 4.69) is 21.2 Å². The van der Waals surface area contributed by atoms with Crippen LogP contribution in [0, 0.1) is 6.92 Å². The summed E-state index contributed by atoms with van der Waals surface area (Å²) >= 11 is 17.3. The van der Waals surface area contributed by atoms with Gasteiger partial charge < -0.3 is 5.32 Å². The molecule has 34 heavy (non-hydrogen) atoms. The number of sulfonamides is 1. The molecule has 0 aliphatic heterocycles. The fraction of sp³-hybridized carbons (Fsp3) is 0.208. The molecule has 0 radical (unpaired) electrons. The Hall–Kier alpha value is -1.71. The van der Waals surface area contributed by atoms with E-state index in [1.165, 1.54) is 0 Å². The molecule has 0 saturated heterocycles. The first-order valence-corrected chi connectivity index (χ1v) is 14.4. The zero-order chi connectivity index (χ0) is 24.7. The number of aryl methyl sites for hydroxylation is 1. The number of nitrogens with one attached hydrogen (secondary N) is 1. The molecule has 3 rings (SSSR count). The number of anilines is 1. The van der Waals surface area contributed by atoms with Gasteiger partial charge in [-0.25, -0.2) is 8.42 Å². The summed E-state index contributed by atoms with van der Waals surface area (Å²) < 4.78 is 28.7. The van der Waals surface area contributed by atoms with Crippen molar-refractivity contribution < 1.29 is 13.2 Å². The number of amides is 1. The van der Waals surface area contributed by atoms with Gasteiger partial charge in [0.15, 0.2) is 0 Å². The third-order valence-corrected chi connectivity index (χ3v) is 8.90. The number of carbonyl (C=O) groups is 1. The van der Waals surface area contributed by atoms with E-state index in [4.69, 9.17) is 23.2 Å². The van der Waals surface area contributed by atoms with Crippen molar-refractivity contribution in [3.63, 3.8) is 0 Å². The normalized spacial score (nSPS) is 11.3. The average molecular weight is 602 g/mol. The standard InChI is InChI=1S/C24H23BrCl2N2O3S2/c1-17-5-11-20(12-6-17)34(31,32)29(19-9-7-18(25)8-10-19)15-24(30)28-13-14-33-16-21-22(26)3-2-4-23(21)27/h2-12H,13-16H2,1H3,(H,28,30). The average Bonchev–Trinajstić information content (AvgIpc) is 2.80. The van der Waals surface area contributed by atoms with Crippen molar-refractivity contribution in [3.05, 3.63) is 92.4 Å². The second kappa shape index (κ2) is 12.3. The smallest absolute Gasteiger partial charge is 0.264 e. The molecule has 3 aromatic carbocycles. The molecule has 1 amide bonds. The van der Waals surface area contributed by atoms with Gasteiger partial charge in [-0.3, -0.25) is 9.10 Å². The minimum absolute atomic E-state index is 0.126. The van der Waals surface area contributed by atoms with Gasteiger partial charge in [0.25, 0.3) is 10.0 Å². The van der Waals surface area contributed by atoms with E-state index in [-0.39, 0.29) is 11.4 Å². The first-order valence-electron chi connectivity index (χ1n) is 10.3. The molecule has 180 valence electrons. The number of halogens is 3. The zero-order valence-corrected chi connectivity index (χ0v) is 23.0. The molecule has 0 atom stereocenters. The van der Waals surface area contributed by atoms with Gasteiger partial charge in [0.1, 0.15) is 6.54 Å². The van der Waals surface area contributed by atoms with Crippen LogP contribution in [0.5, 0.6) is 0 Å². The van der Waals surface area contributed by atoms with Crippen molar-refractivity contribution in [3.8, 4) is 0 Å². The minimum Gasteiger partial charge on any atom is -0.354 e. The lowest BCUT2D eigenvalue weighted by Gasteiger charge is -2.24. The zero-order valence-electron chi connectivity index (χ0n) is 18.3. The first-order chi connectivity index (χ1) is 16.2. The van der Waals surface area contributed by atoms with Gasteiger partial charge in [0.2, 0.25) is 5.91 Å². The van der Waals surface area contributed by atoms with Crippen LogP contribution in [0.25, 0.3) is 0 Å². The van der Waals surface area contributed by atoms with E-state index >= 15 is 0 Å². The van der Waals surface area contributed by atoms with E-state index in [1.807, 2.05) is 6.92 Å². The lowest BCUT2D eigenvalue weighted by molar-refractivity contribution is -0.119. The number of benzene rings is 3. The molecule has 5 nitrogen and oxygen atoms in total. The minimum atomic E-state index is -3.94. The Balaban J connectivity index is 1.64. The predicted octanol–water partition coefficient (Wildman–Crippen LogP) is 6.31. The summed E-state index contributed by atoms with van der Waals surface area (Å²) in [5, 5.41) is 4.02. The van der Waals surface area contributed by atoms with Gasteiger partial charge in [0.05, 0.1) is 10.6 Å². The van der Waals surface area contributed by atoms with Gasteiger partial charge in [-0.15, -0.1) is 0 Å². The maximum Gasteiger partial charge on any atom is 0.264 e. The summed E-state index contributed by atoms with van der Waals surface area (Å²) in [6, 6.07) is 18.7. The van der Waals surface area contributed by atoms with E-state index in [9.17, 15) is 13.2 Å². The van der Waals surface area contributed by atoms with Crippen LogP contribution in [-0.2, 0) is 20.6 Å². The molecule has 0 fully saturated rings. The van der Waals surface area contributed by atoms with Crippen molar-refractivity contribution in [2.24, 2.45) is 0 Å². The van der Waals surface area contributed by atoms with Gasteiger partial charge in [-0.2, -0.15) is 11.8 Å². The van der Waals surface area contributed by atoms with Crippen LogP contribution in [0.15, 0.2) is 76.1 Å². The van der Waals surface area contributed by atoms with Crippen LogP contribution in [0.4, 0.5) is 5.69 Å². The molecule has 0 unspecified atom stereocenters. The molecule has 0 saturated carbocycles. The highest BCUT2D eigenvalue weighted by atomic mass is 79.9. The lowest BCUT2D eigenvalue weighted by atomic mass is 10.2. The summed E-state index contributed by atoms with van der Waals surface area (Å²) in [5.74, 6) is 0.840. The summed E-state index contributed by atoms with van der Waals surface area (Å²) in [4.78, 5) is 12.8. The maximum absolute atomic E-state index is 13.4.